The first-order valence-corrected chi connectivity index (χ1v) is 8.31. The molecule has 0 unspecified atom stereocenters. The molecule has 0 aliphatic rings. The van der Waals surface area contributed by atoms with Crippen LogP contribution >= 0.6 is 11.6 Å². The van der Waals surface area contributed by atoms with Gasteiger partial charge in [0.2, 0.25) is 10.0 Å². The fourth-order valence-electron chi connectivity index (χ4n) is 1.69. The lowest BCUT2D eigenvalue weighted by Gasteiger charge is -2.19. The summed E-state index contributed by atoms with van der Waals surface area (Å²) in [6, 6.07) is 4.19. The second-order valence-electron chi connectivity index (χ2n) is 4.14. The molecule has 0 aromatic heterocycles. The molecule has 0 fully saturated rings. The van der Waals surface area contributed by atoms with Crippen LogP contribution in [0.1, 0.15) is 13.8 Å². The molecule has 0 spiro atoms. The number of nitrogens with one attached hydrogen (secondary N) is 1. The number of benzene rings is 1. The van der Waals surface area contributed by atoms with E-state index in [9.17, 15) is 13.2 Å². The van der Waals surface area contributed by atoms with Crippen molar-refractivity contribution in [3.63, 3.8) is 0 Å². The average Bonchev–Trinajstić information content (AvgIpc) is 2.46. The fourth-order valence-corrected chi connectivity index (χ4v) is 3.47. The first kappa shape index (κ1) is 17.7. The summed E-state index contributed by atoms with van der Waals surface area (Å²) >= 11 is 6.01. The van der Waals surface area contributed by atoms with Gasteiger partial charge >= 0.3 is 0 Å². The van der Waals surface area contributed by atoms with E-state index in [-0.39, 0.29) is 28.2 Å². The summed E-state index contributed by atoms with van der Waals surface area (Å²) in [5.41, 5.74) is 0. The highest BCUT2D eigenvalue weighted by Gasteiger charge is 2.22. The van der Waals surface area contributed by atoms with Crippen molar-refractivity contribution in [2.24, 2.45) is 0 Å². The minimum atomic E-state index is -3.56. The molecule has 0 bridgehead atoms. The lowest BCUT2D eigenvalue weighted by atomic mass is 10.3. The molecule has 1 aromatic carbocycles. The molecular formula is C13H19ClN2O4S. The minimum Gasteiger partial charge on any atom is -0.482 e. The first-order chi connectivity index (χ1) is 9.86. The summed E-state index contributed by atoms with van der Waals surface area (Å²) in [6.45, 7) is 4.11. The third kappa shape index (κ3) is 4.33. The Hall–Kier alpha value is -1.31. The van der Waals surface area contributed by atoms with Crippen LogP contribution in [-0.2, 0) is 14.8 Å². The smallest absolute Gasteiger partial charge is 0.257 e. The number of carbonyl (C=O) groups is 1. The number of amides is 1. The van der Waals surface area contributed by atoms with E-state index in [4.69, 9.17) is 16.3 Å². The van der Waals surface area contributed by atoms with Crippen LogP contribution in [0.5, 0.6) is 5.75 Å². The lowest BCUT2D eigenvalue weighted by molar-refractivity contribution is -0.122. The monoisotopic (exact) mass is 334 g/mol. The van der Waals surface area contributed by atoms with Gasteiger partial charge in [0, 0.05) is 20.1 Å². The van der Waals surface area contributed by atoms with Gasteiger partial charge in [-0.3, -0.25) is 4.79 Å². The molecule has 1 rings (SSSR count). The van der Waals surface area contributed by atoms with Crippen molar-refractivity contribution in [2.75, 3.05) is 26.7 Å². The standard InChI is InChI=1S/C13H19ClN2O4S/c1-4-16(5-2)21(18,19)10-6-7-12(11(14)8-10)20-9-13(17)15-3/h6-8H,4-5,9H2,1-3H3,(H,15,17). The number of nitrogens with zero attached hydrogens (tertiary/aromatic N) is 1. The summed E-state index contributed by atoms with van der Waals surface area (Å²) < 4.78 is 31.2. The number of likely N-dealkylation sites (N-methyl/N-ethyl adjacent to an activating group) is 1. The number of ether oxygens (including phenoxy) is 1. The van der Waals surface area contributed by atoms with Gasteiger partial charge in [-0.25, -0.2) is 8.42 Å². The number of hydrogen-bond donors (Lipinski definition) is 1. The second-order valence-corrected chi connectivity index (χ2v) is 6.49. The zero-order chi connectivity index (χ0) is 16.0. The van der Waals surface area contributed by atoms with E-state index in [1.807, 2.05) is 0 Å². The largest absolute Gasteiger partial charge is 0.482 e. The van der Waals surface area contributed by atoms with Crippen molar-refractivity contribution in [2.45, 2.75) is 18.7 Å². The van der Waals surface area contributed by atoms with E-state index in [1.165, 1.54) is 29.6 Å². The Balaban J connectivity index is 2.99. The van der Waals surface area contributed by atoms with Crippen molar-refractivity contribution >= 4 is 27.5 Å². The topological polar surface area (TPSA) is 75.7 Å². The highest BCUT2D eigenvalue weighted by atomic mass is 35.5. The van der Waals surface area contributed by atoms with Crippen molar-refractivity contribution in [3.8, 4) is 5.75 Å². The molecule has 6 nitrogen and oxygen atoms in total. The predicted octanol–water partition coefficient (Wildman–Crippen LogP) is 1.50. The van der Waals surface area contributed by atoms with Crippen LogP contribution in [0, 0.1) is 0 Å². The van der Waals surface area contributed by atoms with Gasteiger partial charge in [0.1, 0.15) is 5.75 Å². The van der Waals surface area contributed by atoms with Crippen molar-refractivity contribution in [3.05, 3.63) is 23.2 Å². The van der Waals surface area contributed by atoms with E-state index in [2.05, 4.69) is 5.32 Å². The quantitative estimate of drug-likeness (QED) is 0.819. The maximum absolute atomic E-state index is 12.3. The molecule has 0 saturated carbocycles. The molecule has 1 amide bonds. The summed E-state index contributed by atoms with van der Waals surface area (Å²) in [4.78, 5) is 11.2. The van der Waals surface area contributed by atoms with E-state index in [0.717, 1.165) is 0 Å². The fraction of sp³-hybridized carbons (Fsp3) is 0.462. The summed E-state index contributed by atoms with van der Waals surface area (Å²) in [5.74, 6) is -0.0373. The number of halogens is 1. The van der Waals surface area contributed by atoms with Crippen molar-refractivity contribution < 1.29 is 17.9 Å². The minimum absolute atomic E-state index is 0.100. The molecule has 1 N–H and O–H groups in total. The van der Waals surface area contributed by atoms with Gasteiger partial charge in [0.05, 0.1) is 9.92 Å². The third-order valence-electron chi connectivity index (χ3n) is 2.88. The van der Waals surface area contributed by atoms with Gasteiger partial charge in [-0.15, -0.1) is 0 Å². The molecule has 0 atom stereocenters. The Labute approximate surface area is 130 Å². The molecule has 0 aliphatic heterocycles. The maximum Gasteiger partial charge on any atom is 0.257 e. The van der Waals surface area contributed by atoms with Crippen LogP contribution in [-0.4, -0.2) is 45.4 Å². The third-order valence-corrected chi connectivity index (χ3v) is 5.23. The number of rotatable bonds is 7. The van der Waals surface area contributed by atoms with Gasteiger partial charge in [0.15, 0.2) is 6.61 Å². The van der Waals surface area contributed by atoms with Gasteiger partial charge < -0.3 is 10.1 Å². The van der Waals surface area contributed by atoms with Gasteiger partial charge in [-0.1, -0.05) is 25.4 Å². The summed E-state index contributed by atoms with van der Waals surface area (Å²) in [7, 11) is -2.07. The highest BCUT2D eigenvalue weighted by Crippen LogP contribution is 2.28. The summed E-state index contributed by atoms with van der Waals surface area (Å²) in [5, 5.41) is 2.56. The Morgan fingerprint density at radius 2 is 1.95 bits per heavy atom. The average molecular weight is 335 g/mol. The van der Waals surface area contributed by atoms with Crippen molar-refractivity contribution in [1.29, 1.82) is 0 Å². The van der Waals surface area contributed by atoms with Crippen LogP contribution < -0.4 is 10.1 Å². The SMILES string of the molecule is CCN(CC)S(=O)(=O)c1ccc(OCC(=O)NC)c(Cl)c1. The normalized spacial score (nSPS) is 11.5. The van der Waals surface area contributed by atoms with Crippen LogP contribution in [0.4, 0.5) is 0 Å². The predicted molar refractivity (Wildman–Crippen MR) is 81.1 cm³/mol. The molecule has 8 heteroatoms. The second kappa shape index (κ2) is 7.63. The van der Waals surface area contributed by atoms with E-state index >= 15 is 0 Å². The Bertz CT molecular complexity index is 600. The molecule has 21 heavy (non-hydrogen) atoms. The van der Waals surface area contributed by atoms with Gasteiger partial charge in [-0.2, -0.15) is 4.31 Å². The highest BCUT2D eigenvalue weighted by molar-refractivity contribution is 7.89. The van der Waals surface area contributed by atoms with Gasteiger partial charge in [0.25, 0.3) is 5.91 Å². The van der Waals surface area contributed by atoms with Crippen LogP contribution in [0.3, 0.4) is 0 Å². The zero-order valence-corrected chi connectivity index (χ0v) is 13.8. The Morgan fingerprint density at radius 3 is 2.43 bits per heavy atom. The van der Waals surface area contributed by atoms with Crippen LogP contribution in [0.2, 0.25) is 5.02 Å². The lowest BCUT2D eigenvalue weighted by Crippen LogP contribution is -2.30. The molecule has 0 aliphatic carbocycles. The number of hydrogen-bond acceptors (Lipinski definition) is 4. The Kier molecular flexibility index (Phi) is 6.44. The number of sulfonamides is 1. The van der Waals surface area contributed by atoms with E-state index in [0.29, 0.717) is 13.1 Å². The number of carbonyl (C=O) groups excluding carboxylic acids is 1. The molecular weight excluding hydrogens is 316 g/mol. The van der Waals surface area contributed by atoms with Crippen LogP contribution in [0.25, 0.3) is 0 Å². The van der Waals surface area contributed by atoms with Gasteiger partial charge in [-0.05, 0) is 18.2 Å². The first-order valence-electron chi connectivity index (χ1n) is 6.49. The van der Waals surface area contributed by atoms with Crippen molar-refractivity contribution in [1.82, 2.24) is 9.62 Å². The molecule has 0 saturated heterocycles. The molecule has 0 heterocycles. The summed E-state index contributed by atoms with van der Waals surface area (Å²) in [6.07, 6.45) is 0. The van der Waals surface area contributed by atoms with E-state index in [1.54, 1.807) is 13.8 Å². The van der Waals surface area contributed by atoms with E-state index < -0.39 is 10.0 Å². The molecule has 0 radical (unpaired) electrons. The van der Waals surface area contributed by atoms with Crippen LogP contribution in [0.15, 0.2) is 23.1 Å². The molecule has 1 aromatic rings. The maximum atomic E-state index is 12.3. The zero-order valence-electron chi connectivity index (χ0n) is 12.2. The molecule has 118 valence electrons. The Morgan fingerprint density at radius 1 is 1.33 bits per heavy atom.